The lowest BCUT2D eigenvalue weighted by atomic mass is 9.62. The lowest BCUT2D eigenvalue weighted by molar-refractivity contribution is -0.384. The summed E-state index contributed by atoms with van der Waals surface area (Å²) in [5, 5.41) is 13.4. The van der Waals surface area contributed by atoms with Crippen molar-refractivity contribution >= 4 is 45.0 Å². The second-order valence-corrected chi connectivity index (χ2v) is 9.01. The third-order valence-electron chi connectivity index (χ3n) is 6.51. The highest BCUT2D eigenvalue weighted by atomic mass is 79.9. The SMILES string of the molecule is CC12CCC(C(=O)N(CCC(=O)Nc3ccc([N+](=O)[O-])cc3Br)C1=O)C2(C)C. The number of nitrogens with one attached hydrogen (secondary N) is 1. The first-order valence-corrected chi connectivity index (χ1v) is 9.88. The van der Waals surface area contributed by atoms with Gasteiger partial charge in [0.2, 0.25) is 17.7 Å². The van der Waals surface area contributed by atoms with Gasteiger partial charge in [0, 0.05) is 35.5 Å². The number of hydrogen-bond acceptors (Lipinski definition) is 5. The molecule has 9 heteroatoms. The van der Waals surface area contributed by atoms with Gasteiger partial charge in [-0.15, -0.1) is 0 Å². The lowest BCUT2D eigenvalue weighted by Gasteiger charge is -2.47. The van der Waals surface area contributed by atoms with Gasteiger partial charge in [-0.1, -0.05) is 20.8 Å². The summed E-state index contributed by atoms with van der Waals surface area (Å²) in [5.74, 6) is -0.991. The molecule has 1 heterocycles. The van der Waals surface area contributed by atoms with Gasteiger partial charge in [-0.05, 0) is 40.3 Å². The molecule has 2 bridgehead atoms. The summed E-state index contributed by atoms with van der Waals surface area (Å²) in [6, 6.07) is 4.02. The molecule has 8 nitrogen and oxygen atoms in total. The van der Waals surface area contributed by atoms with Crippen LogP contribution in [-0.2, 0) is 14.4 Å². The fourth-order valence-electron chi connectivity index (χ4n) is 4.26. The number of halogens is 1. The predicted molar refractivity (Wildman–Crippen MR) is 105 cm³/mol. The largest absolute Gasteiger partial charge is 0.325 e. The third-order valence-corrected chi connectivity index (χ3v) is 7.16. The molecule has 1 aromatic rings. The molecule has 3 rings (SSSR count). The Morgan fingerprint density at radius 2 is 2.04 bits per heavy atom. The standard InChI is InChI=1S/C19H22BrN3O5/c1-18(2)12-6-8-19(18,3)17(26)22(16(12)25)9-7-15(24)21-14-5-4-11(23(27)28)10-13(14)20/h4-5,10,12H,6-9H2,1-3H3,(H,21,24). The van der Waals surface area contributed by atoms with Crippen LogP contribution in [0.4, 0.5) is 11.4 Å². The Bertz CT molecular complexity index is 884. The third kappa shape index (κ3) is 3.11. The summed E-state index contributed by atoms with van der Waals surface area (Å²) in [4.78, 5) is 49.5. The van der Waals surface area contributed by atoms with Crippen molar-refractivity contribution in [1.82, 2.24) is 4.90 Å². The Kier molecular flexibility index (Phi) is 5.07. The highest BCUT2D eigenvalue weighted by molar-refractivity contribution is 9.10. The number of fused-ring (bicyclic) bond motifs is 2. The quantitative estimate of drug-likeness (QED) is 0.418. The van der Waals surface area contributed by atoms with Gasteiger partial charge in [-0.25, -0.2) is 0 Å². The lowest BCUT2D eigenvalue weighted by Crippen LogP contribution is -2.59. The Labute approximate surface area is 170 Å². The van der Waals surface area contributed by atoms with Gasteiger partial charge in [-0.3, -0.25) is 29.4 Å². The average molecular weight is 452 g/mol. The van der Waals surface area contributed by atoms with E-state index in [2.05, 4.69) is 21.2 Å². The number of imide groups is 1. The normalized spacial score (nSPS) is 25.7. The Balaban J connectivity index is 1.66. The van der Waals surface area contributed by atoms with Crippen LogP contribution in [0.15, 0.2) is 22.7 Å². The van der Waals surface area contributed by atoms with E-state index in [1.807, 2.05) is 20.8 Å². The molecule has 2 unspecified atom stereocenters. The van der Waals surface area contributed by atoms with Crippen molar-refractivity contribution in [3.05, 3.63) is 32.8 Å². The van der Waals surface area contributed by atoms with Crippen LogP contribution in [0, 0.1) is 26.9 Å². The topological polar surface area (TPSA) is 110 Å². The van der Waals surface area contributed by atoms with E-state index >= 15 is 0 Å². The second-order valence-electron chi connectivity index (χ2n) is 8.16. The summed E-state index contributed by atoms with van der Waals surface area (Å²) < 4.78 is 0.382. The number of amides is 3. The molecule has 1 aliphatic carbocycles. The molecule has 1 aliphatic heterocycles. The van der Waals surface area contributed by atoms with E-state index in [9.17, 15) is 24.5 Å². The van der Waals surface area contributed by atoms with Crippen LogP contribution < -0.4 is 5.32 Å². The van der Waals surface area contributed by atoms with E-state index in [1.165, 1.54) is 23.1 Å². The number of nitrogens with zero attached hydrogens (tertiary/aromatic N) is 2. The van der Waals surface area contributed by atoms with Crippen LogP contribution in [0.2, 0.25) is 0 Å². The highest BCUT2D eigenvalue weighted by Gasteiger charge is 2.64. The summed E-state index contributed by atoms with van der Waals surface area (Å²) in [6.07, 6.45) is 1.32. The van der Waals surface area contributed by atoms with E-state index in [1.54, 1.807) is 0 Å². The molecule has 150 valence electrons. The molecule has 1 saturated carbocycles. The average Bonchev–Trinajstić information content (AvgIpc) is 2.80. The smallest absolute Gasteiger partial charge is 0.270 e. The van der Waals surface area contributed by atoms with E-state index in [-0.39, 0.29) is 47.7 Å². The number of benzene rings is 1. The van der Waals surface area contributed by atoms with Gasteiger partial charge in [0.15, 0.2) is 0 Å². The first kappa shape index (κ1) is 20.4. The molecule has 1 N–H and O–H groups in total. The molecule has 1 saturated heterocycles. The molecule has 1 aromatic carbocycles. The number of carbonyl (C=O) groups excluding carboxylic acids is 3. The molecule has 2 aliphatic rings. The minimum Gasteiger partial charge on any atom is -0.325 e. The fourth-order valence-corrected chi connectivity index (χ4v) is 4.72. The minimum atomic E-state index is -0.594. The van der Waals surface area contributed by atoms with Crippen molar-refractivity contribution in [1.29, 1.82) is 0 Å². The molecule has 2 fully saturated rings. The highest BCUT2D eigenvalue weighted by Crippen LogP contribution is 2.60. The summed E-state index contributed by atoms with van der Waals surface area (Å²) in [7, 11) is 0. The minimum absolute atomic E-state index is 0.0241. The van der Waals surface area contributed by atoms with Crippen LogP contribution in [-0.4, -0.2) is 34.1 Å². The zero-order valence-electron chi connectivity index (χ0n) is 16.0. The van der Waals surface area contributed by atoms with Crippen molar-refractivity contribution in [2.45, 2.75) is 40.0 Å². The summed E-state index contributed by atoms with van der Waals surface area (Å²) >= 11 is 3.20. The number of non-ortho nitro benzene ring substituents is 1. The second kappa shape index (κ2) is 6.95. The fraction of sp³-hybridized carbons (Fsp3) is 0.526. The van der Waals surface area contributed by atoms with Crippen LogP contribution in [0.25, 0.3) is 0 Å². The van der Waals surface area contributed by atoms with E-state index in [0.29, 0.717) is 23.0 Å². The van der Waals surface area contributed by atoms with Crippen LogP contribution in [0.5, 0.6) is 0 Å². The monoisotopic (exact) mass is 451 g/mol. The van der Waals surface area contributed by atoms with E-state index in [0.717, 1.165) is 0 Å². The Hall–Kier alpha value is -2.29. The number of likely N-dealkylation sites (tertiary alicyclic amines) is 1. The van der Waals surface area contributed by atoms with Crippen LogP contribution in [0.3, 0.4) is 0 Å². The zero-order valence-corrected chi connectivity index (χ0v) is 17.5. The van der Waals surface area contributed by atoms with Gasteiger partial charge in [0.25, 0.3) is 5.69 Å². The van der Waals surface area contributed by atoms with E-state index < -0.39 is 10.3 Å². The first-order valence-electron chi connectivity index (χ1n) is 9.08. The molecule has 2 atom stereocenters. The van der Waals surface area contributed by atoms with Crippen molar-refractivity contribution in [3.63, 3.8) is 0 Å². The maximum atomic E-state index is 13.0. The number of anilines is 1. The van der Waals surface area contributed by atoms with Crippen LogP contribution >= 0.6 is 15.9 Å². The predicted octanol–water partition coefficient (Wildman–Crippen LogP) is 3.50. The number of nitro groups is 1. The van der Waals surface area contributed by atoms with Crippen molar-refractivity contribution in [3.8, 4) is 0 Å². The number of carbonyl (C=O) groups is 3. The van der Waals surface area contributed by atoms with Crippen molar-refractivity contribution in [2.24, 2.45) is 16.7 Å². The molecule has 0 spiro atoms. The van der Waals surface area contributed by atoms with Gasteiger partial charge in [0.05, 0.1) is 16.0 Å². The van der Waals surface area contributed by atoms with E-state index in [4.69, 9.17) is 0 Å². The van der Waals surface area contributed by atoms with Gasteiger partial charge >= 0.3 is 0 Å². The number of rotatable bonds is 5. The summed E-state index contributed by atoms with van der Waals surface area (Å²) in [6.45, 7) is 5.87. The number of nitro benzene ring substituents is 1. The maximum Gasteiger partial charge on any atom is 0.270 e. The van der Waals surface area contributed by atoms with Crippen LogP contribution in [0.1, 0.15) is 40.0 Å². The molecule has 3 amide bonds. The van der Waals surface area contributed by atoms with Gasteiger partial charge in [0.1, 0.15) is 0 Å². The Morgan fingerprint density at radius 1 is 1.36 bits per heavy atom. The van der Waals surface area contributed by atoms with Gasteiger partial charge < -0.3 is 5.32 Å². The Morgan fingerprint density at radius 3 is 2.64 bits per heavy atom. The van der Waals surface area contributed by atoms with Gasteiger partial charge in [-0.2, -0.15) is 0 Å². The molecule has 0 radical (unpaired) electrons. The molecule has 28 heavy (non-hydrogen) atoms. The van der Waals surface area contributed by atoms with Crippen molar-refractivity contribution < 1.29 is 19.3 Å². The van der Waals surface area contributed by atoms with Crippen molar-refractivity contribution in [2.75, 3.05) is 11.9 Å². The molecule has 0 aromatic heterocycles. The molecular weight excluding hydrogens is 430 g/mol. The molecular formula is C19H22BrN3O5. The summed E-state index contributed by atoms with van der Waals surface area (Å²) in [5.41, 5.74) is -0.687. The first-order chi connectivity index (χ1) is 13.0. The number of piperidine rings is 1. The zero-order chi connectivity index (χ0) is 20.9. The maximum absolute atomic E-state index is 13.0. The number of hydrogen-bond donors (Lipinski definition) is 1.